The molecule has 0 unspecified atom stereocenters. The van der Waals surface area contributed by atoms with Crippen LogP contribution in [0.2, 0.25) is 0 Å². The van der Waals surface area contributed by atoms with Crippen LogP contribution < -0.4 is 10.2 Å². The van der Waals surface area contributed by atoms with E-state index in [4.69, 9.17) is 9.94 Å². The van der Waals surface area contributed by atoms with Gasteiger partial charge in [0.25, 0.3) is 5.91 Å². The number of alkyl halides is 1. The van der Waals surface area contributed by atoms with Gasteiger partial charge in [0.1, 0.15) is 11.8 Å². The topological polar surface area (TPSA) is 122 Å². The van der Waals surface area contributed by atoms with Gasteiger partial charge in [-0.3, -0.25) is 20.0 Å². The predicted molar refractivity (Wildman–Crippen MR) is 103 cm³/mol. The summed E-state index contributed by atoms with van der Waals surface area (Å²) in [6.45, 7) is 0.394. The average molecular weight is 471 g/mol. The molecule has 0 aliphatic carbocycles. The third-order valence-corrected chi connectivity index (χ3v) is 6.72. The fourth-order valence-electron chi connectivity index (χ4n) is 2.88. The molecule has 0 fully saturated rings. The number of hydroxylamine groups is 1. The monoisotopic (exact) mass is 470 g/mol. The van der Waals surface area contributed by atoms with Gasteiger partial charge in [0, 0.05) is 24.1 Å². The second-order valence-corrected chi connectivity index (χ2v) is 8.74. The van der Waals surface area contributed by atoms with E-state index >= 15 is 0 Å². The summed E-state index contributed by atoms with van der Waals surface area (Å²) in [7, 11) is -4.02. The maximum Gasteiger partial charge on any atom is 0.262 e. The molecule has 3 rings (SSSR count). The Kier molecular flexibility index (Phi) is 6.60. The Balaban J connectivity index is 1.89. The van der Waals surface area contributed by atoms with Crippen molar-refractivity contribution < 1.29 is 23.2 Å². The number of amides is 1. The van der Waals surface area contributed by atoms with Crippen LogP contribution in [0.3, 0.4) is 0 Å². The van der Waals surface area contributed by atoms with E-state index in [0.717, 1.165) is 16.1 Å². The fourth-order valence-corrected chi connectivity index (χ4v) is 4.66. The molecule has 0 bridgehead atoms. The van der Waals surface area contributed by atoms with Crippen molar-refractivity contribution in [3.05, 3.63) is 48.0 Å². The number of hydrogen-bond acceptors (Lipinski definition) is 7. The normalized spacial score (nSPS) is 17.0. The number of carbonyl (C=O) groups is 1. The highest BCUT2D eigenvalue weighted by Gasteiger charge is 2.40. The molecular formula is C17H19BrN4O5S. The summed E-state index contributed by atoms with van der Waals surface area (Å²) < 4.78 is 32.9. The van der Waals surface area contributed by atoms with Gasteiger partial charge < -0.3 is 4.74 Å². The molecule has 0 saturated carbocycles. The van der Waals surface area contributed by atoms with Crippen molar-refractivity contribution in [2.75, 3.05) is 11.9 Å². The molecule has 1 aromatic carbocycles. The van der Waals surface area contributed by atoms with Gasteiger partial charge in [-0.15, -0.1) is 0 Å². The first-order valence-corrected chi connectivity index (χ1v) is 11.1. The highest BCUT2D eigenvalue weighted by Crippen LogP contribution is 2.28. The first-order valence-electron chi connectivity index (χ1n) is 8.50. The van der Waals surface area contributed by atoms with E-state index in [1.54, 1.807) is 12.1 Å². The van der Waals surface area contributed by atoms with E-state index in [1.807, 2.05) is 0 Å². The van der Waals surface area contributed by atoms with Crippen molar-refractivity contribution in [2.45, 2.75) is 30.3 Å². The van der Waals surface area contributed by atoms with Gasteiger partial charge in [-0.25, -0.2) is 13.9 Å². The molecule has 1 aliphatic heterocycles. The van der Waals surface area contributed by atoms with E-state index in [1.165, 1.54) is 30.0 Å². The molecule has 1 amide bonds. The standard InChI is InChI=1S/C17H19BrN4O5S/c18-6-1-9-27-12-2-4-13(5-3-12)28(25,26)22-11-15-14(19-7-8-20-15)10-16(22)17(23)21-24/h2-5,7-8,16,24H,1,6,9-11H2,(H,21,23)/t16-/m1/s1. The molecule has 1 atom stereocenters. The fraction of sp³-hybridized carbons (Fsp3) is 0.353. The van der Waals surface area contributed by atoms with Crippen LogP contribution in [0, 0.1) is 0 Å². The molecule has 11 heteroatoms. The van der Waals surface area contributed by atoms with E-state index in [0.29, 0.717) is 23.7 Å². The number of ether oxygens (including phenoxy) is 1. The Morgan fingerprint density at radius 2 is 1.93 bits per heavy atom. The number of sulfonamides is 1. The molecule has 2 aromatic rings. The first-order chi connectivity index (χ1) is 13.5. The number of carbonyl (C=O) groups excluding carboxylic acids is 1. The van der Waals surface area contributed by atoms with Crippen LogP contribution in [-0.2, 0) is 27.8 Å². The molecule has 2 heterocycles. The molecule has 0 saturated heterocycles. The van der Waals surface area contributed by atoms with Crippen molar-refractivity contribution in [3.63, 3.8) is 0 Å². The number of rotatable bonds is 7. The minimum absolute atomic E-state index is 0.0164. The zero-order valence-electron chi connectivity index (χ0n) is 14.8. The molecule has 9 nitrogen and oxygen atoms in total. The van der Waals surface area contributed by atoms with Crippen molar-refractivity contribution in [1.29, 1.82) is 0 Å². The average Bonchev–Trinajstić information content (AvgIpc) is 2.72. The largest absolute Gasteiger partial charge is 0.494 e. The molecule has 1 aliphatic rings. The maximum atomic E-state index is 13.2. The number of halogens is 1. The second-order valence-electron chi connectivity index (χ2n) is 6.06. The van der Waals surface area contributed by atoms with Crippen LogP contribution in [-0.4, -0.2) is 51.8 Å². The number of hydrogen-bond donors (Lipinski definition) is 2. The lowest BCUT2D eigenvalue weighted by Gasteiger charge is -2.33. The van der Waals surface area contributed by atoms with E-state index < -0.39 is 22.0 Å². The molecule has 0 radical (unpaired) electrons. The third-order valence-electron chi connectivity index (χ3n) is 4.29. The zero-order chi connectivity index (χ0) is 20.1. The van der Waals surface area contributed by atoms with Gasteiger partial charge in [-0.2, -0.15) is 4.31 Å². The first kappa shape index (κ1) is 20.6. The summed E-state index contributed by atoms with van der Waals surface area (Å²) in [6.07, 6.45) is 3.79. The van der Waals surface area contributed by atoms with Crippen LogP contribution >= 0.6 is 15.9 Å². The number of fused-ring (bicyclic) bond motifs is 1. The van der Waals surface area contributed by atoms with E-state index in [2.05, 4.69) is 25.9 Å². The summed E-state index contributed by atoms with van der Waals surface area (Å²) in [6, 6.07) is 4.87. The van der Waals surface area contributed by atoms with Crippen LogP contribution in [0.25, 0.3) is 0 Å². The predicted octanol–water partition coefficient (Wildman–Crippen LogP) is 1.26. The lowest BCUT2D eigenvalue weighted by Crippen LogP contribution is -2.52. The smallest absolute Gasteiger partial charge is 0.262 e. The van der Waals surface area contributed by atoms with Crippen molar-refractivity contribution in [3.8, 4) is 5.75 Å². The molecule has 150 valence electrons. The summed E-state index contributed by atoms with van der Waals surface area (Å²) >= 11 is 3.31. The minimum atomic E-state index is -4.02. The van der Waals surface area contributed by atoms with Crippen LogP contribution in [0.1, 0.15) is 17.8 Å². The van der Waals surface area contributed by atoms with Gasteiger partial charge in [0.15, 0.2) is 0 Å². The quantitative estimate of drug-likeness (QED) is 0.270. The number of aromatic nitrogens is 2. The Morgan fingerprint density at radius 1 is 1.25 bits per heavy atom. The highest BCUT2D eigenvalue weighted by atomic mass is 79.9. The van der Waals surface area contributed by atoms with Crippen LogP contribution in [0.15, 0.2) is 41.6 Å². The number of nitrogens with zero attached hydrogens (tertiary/aromatic N) is 3. The number of nitrogens with one attached hydrogen (secondary N) is 1. The van der Waals surface area contributed by atoms with Crippen LogP contribution in [0.5, 0.6) is 5.75 Å². The van der Waals surface area contributed by atoms with Gasteiger partial charge in [-0.05, 0) is 30.7 Å². The SMILES string of the molecule is O=C(NO)[C@H]1Cc2nccnc2CN1S(=O)(=O)c1ccc(OCCCBr)cc1. The van der Waals surface area contributed by atoms with E-state index in [9.17, 15) is 13.2 Å². The van der Waals surface area contributed by atoms with Crippen LogP contribution in [0.4, 0.5) is 0 Å². The Labute approximate surface area is 170 Å². The summed E-state index contributed by atoms with van der Waals surface area (Å²) in [5.41, 5.74) is 2.54. The summed E-state index contributed by atoms with van der Waals surface area (Å²) in [5, 5.41) is 9.86. The minimum Gasteiger partial charge on any atom is -0.494 e. The number of benzene rings is 1. The molecule has 0 spiro atoms. The Morgan fingerprint density at radius 3 is 2.57 bits per heavy atom. The van der Waals surface area contributed by atoms with Gasteiger partial charge in [0.05, 0.1) is 29.4 Å². The van der Waals surface area contributed by atoms with E-state index in [-0.39, 0.29) is 17.9 Å². The summed E-state index contributed by atoms with van der Waals surface area (Å²) in [4.78, 5) is 20.5. The molecular weight excluding hydrogens is 452 g/mol. The maximum absolute atomic E-state index is 13.2. The third kappa shape index (κ3) is 4.32. The lowest BCUT2D eigenvalue weighted by molar-refractivity contribution is -0.133. The molecule has 28 heavy (non-hydrogen) atoms. The van der Waals surface area contributed by atoms with Gasteiger partial charge in [0.2, 0.25) is 10.0 Å². The molecule has 1 aromatic heterocycles. The Hall–Kier alpha value is -2.08. The van der Waals surface area contributed by atoms with Crippen molar-refractivity contribution in [2.24, 2.45) is 0 Å². The van der Waals surface area contributed by atoms with Crippen molar-refractivity contribution in [1.82, 2.24) is 19.8 Å². The Bertz CT molecular complexity index is 939. The summed E-state index contributed by atoms with van der Waals surface area (Å²) in [5.74, 6) is -0.269. The highest BCUT2D eigenvalue weighted by molar-refractivity contribution is 9.09. The second kappa shape index (κ2) is 8.95. The zero-order valence-corrected chi connectivity index (χ0v) is 17.2. The van der Waals surface area contributed by atoms with Gasteiger partial charge >= 0.3 is 0 Å². The van der Waals surface area contributed by atoms with Crippen molar-refractivity contribution >= 4 is 31.9 Å². The molecule has 2 N–H and O–H groups in total. The van der Waals surface area contributed by atoms with Gasteiger partial charge in [-0.1, -0.05) is 15.9 Å². The lowest BCUT2D eigenvalue weighted by atomic mass is 10.0.